The van der Waals surface area contributed by atoms with Crippen molar-refractivity contribution in [2.75, 3.05) is 7.11 Å². The molecule has 1 aromatic heterocycles. The van der Waals surface area contributed by atoms with E-state index >= 15 is 0 Å². The number of carbonyl (C=O) groups is 1. The van der Waals surface area contributed by atoms with Gasteiger partial charge >= 0.3 is 18.3 Å². The Hall–Kier alpha value is -2.52. The molecule has 10 heteroatoms. The summed E-state index contributed by atoms with van der Waals surface area (Å²) in [6.45, 7) is 0. The average Bonchev–Trinajstić information content (AvgIpc) is 2.94. The van der Waals surface area contributed by atoms with Gasteiger partial charge in [-0.05, 0) is 24.3 Å². The first-order chi connectivity index (χ1) is 10.5. The number of nitrogens with one attached hydrogen (secondary N) is 1. The minimum Gasteiger partial charge on any atom is -0.464 e. The summed E-state index contributed by atoms with van der Waals surface area (Å²) < 4.78 is 81.0. The SMILES string of the molecule is COC(=O)c1cc(-c2cc(C(F)(F)F)cc(C(F)(F)F)c2)n[nH]1. The number of benzene rings is 1. The zero-order valence-corrected chi connectivity index (χ0v) is 11.3. The summed E-state index contributed by atoms with van der Waals surface area (Å²) in [7, 11) is 1.06. The summed E-state index contributed by atoms with van der Waals surface area (Å²) >= 11 is 0. The van der Waals surface area contributed by atoms with Gasteiger partial charge in [0.1, 0.15) is 5.69 Å². The summed E-state index contributed by atoms with van der Waals surface area (Å²) in [6, 6.07) is 2.05. The third-order valence-corrected chi connectivity index (χ3v) is 2.87. The van der Waals surface area contributed by atoms with Crippen LogP contribution < -0.4 is 0 Å². The van der Waals surface area contributed by atoms with Crippen molar-refractivity contribution in [3.8, 4) is 11.3 Å². The Kier molecular flexibility index (Phi) is 4.10. The Morgan fingerprint density at radius 3 is 1.96 bits per heavy atom. The molecule has 0 bridgehead atoms. The van der Waals surface area contributed by atoms with Crippen LogP contribution in [0.15, 0.2) is 24.3 Å². The number of ether oxygens (including phenoxy) is 1. The Morgan fingerprint density at radius 1 is 1.00 bits per heavy atom. The smallest absolute Gasteiger partial charge is 0.416 e. The average molecular weight is 338 g/mol. The molecular formula is C13H8F6N2O2. The van der Waals surface area contributed by atoms with Gasteiger partial charge in [0.25, 0.3) is 0 Å². The van der Waals surface area contributed by atoms with Gasteiger partial charge in [0.2, 0.25) is 0 Å². The van der Waals surface area contributed by atoms with Crippen molar-refractivity contribution in [3.05, 3.63) is 41.1 Å². The van der Waals surface area contributed by atoms with Gasteiger partial charge in [0.05, 0.1) is 23.9 Å². The molecular weight excluding hydrogens is 330 g/mol. The van der Waals surface area contributed by atoms with Crippen LogP contribution in [0.1, 0.15) is 21.6 Å². The summed E-state index contributed by atoms with van der Waals surface area (Å²) in [5, 5.41) is 5.73. The second-order valence-electron chi connectivity index (χ2n) is 4.45. The molecule has 0 aliphatic rings. The number of hydrogen-bond acceptors (Lipinski definition) is 3. The Morgan fingerprint density at radius 2 is 1.52 bits per heavy atom. The van der Waals surface area contributed by atoms with Crippen molar-refractivity contribution >= 4 is 5.97 Å². The quantitative estimate of drug-likeness (QED) is 0.667. The summed E-state index contributed by atoms with van der Waals surface area (Å²) in [6.07, 6.45) is -9.92. The highest BCUT2D eigenvalue weighted by atomic mass is 19.4. The topological polar surface area (TPSA) is 55.0 Å². The zero-order chi connectivity index (χ0) is 17.4. The number of aromatic nitrogens is 2. The second-order valence-corrected chi connectivity index (χ2v) is 4.45. The molecule has 124 valence electrons. The van der Waals surface area contributed by atoms with Gasteiger partial charge in [-0.2, -0.15) is 31.4 Å². The monoisotopic (exact) mass is 338 g/mol. The van der Waals surface area contributed by atoms with Crippen LogP contribution in [0.2, 0.25) is 0 Å². The maximum atomic E-state index is 12.8. The molecule has 1 N–H and O–H groups in total. The van der Waals surface area contributed by atoms with Gasteiger partial charge < -0.3 is 4.74 Å². The molecule has 23 heavy (non-hydrogen) atoms. The number of methoxy groups -OCH3 is 1. The molecule has 1 heterocycles. The predicted molar refractivity (Wildman–Crippen MR) is 65.4 cm³/mol. The summed E-state index contributed by atoms with van der Waals surface area (Å²) in [5.41, 5.74) is -3.82. The number of nitrogens with zero attached hydrogens (tertiary/aromatic N) is 1. The number of halogens is 6. The molecule has 0 fully saturated rings. The Labute approximate surface area is 125 Å². The third kappa shape index (κ3) is 3.63. The number of hydrogen-bond donors (Lipinski definition) is 1. The molecule has 2 rings (SSSR count). The van der Waals surface area contributed by atoms with Crippen molar-refractivity contribution in [2.24, 2.45) is 0 Å². The van der Waals surface area contributed by atoms with E-state index in [0.29, 0.717) is 12.1 Å². The van der Waals surface area contributed by atoms with Crippen molar-refractivity contribution in [2.45, 2.75) is 12.4 Å². The van der Waals surface area contributed by atoms with Crippen LogP contribution in [0.5, 0.6) is 0 Å². The van der Waals surface area contributed by atoms with Crippen molar-refractivity contribution in [1.82, 2.24) is 10.2 Å². The zero-order valence-electron chi connectivity index (χ0n) is 11.3. The van der Waals surface area contributed by atoms with Gasteiger partial charge in [-0.1, -0.05) is 0 Å². The second kappa shape index (κ2) is 5.60. The van der Waals surface area contributed by atoms with Crippen LogP contribution in [0.3, 0.4) is 0 Å². The van der Waals surface area contributed by atoms with Gasteiger partial charge in [0.15, 0.2) is 0 Å². The first-order valence-corrected chi connectivity index (χ1v) is 5.96. The maximum Gasteiger partial charge on any atom is 0.416 e. The lowest BCUT2D eigenvalue weighted by Crippen LogP contribution is -2.11. The van der Waals surface area contributed by atoms with Crippen molar-refractivity contribution in [3.63, 3.8) is 0 Å². The molecule has 0 saturated heterocycles. The number of carbonyl (C=O) groups excluding carboxylic acids is 1. The minimum absolute atomic E-state index is 0.0113. The first kappa shape index (κ1) is 16.8. The lowest BCUT2D eigenvalue weighted by atomic mass is 10.0. The lowest BCUT2D eigenvalue weighted by Gasteiger charge is -2.13. The molecule has 0 saturated carbocycles. The summed E-state index contributed by atoms with van der Waals surface area (Å²) in [4.78, 5) is 11.3. The molecule has 1 aromatic carbocycles. The fraction of sp³-hybridized carbons (Fsp3) is 0.231. The van der Waals surface area contributed by atoms with Gasteiger partial charge in [-0.15, -0.1) is 0 Å². The Balaban J connectivity index is 2.57. The first-order valence-electron chi connectivity index (χ1n) is 5.96. The maximum absolute atomic E-state index is 12.8. The minimum atomic E-state index is -4.96. The standard InChI is InChI=1S/C13H8F6N2O2/c1-23-11(22)10-5-9(20-21-10)6-2-7(12(14,15)16)4-8(3-6)13(17,18)19/h2-5H,1H3,(H,20,21). The van der Waals surface area contributed by atoms with E-state index in [1.54, 1.807) is 0 Å². The number of alkyl halides is 6. The van der Waals surface area contributed by atoms with Crippen LogP contribution in [-0.4, -0.2) is 23.3 Å². The summed E-state index contributed by atoms with van der Waals surface area (Å²) in [5.74, 6) is -0.855. The number of aromatic amines is 1. The normalized spacial score (nSPS) is 12.3. The van der Waals surface area contributed by atoms with E-state index < -0.39 is 35.0 Å². The molecule has 0 radical (unpaired) electrons. The van der Waals surface area contributed by atoms with E-state index in [9.17, 15) is 31.1 Å². The van der Waals surface area contributed by atoms with E-state index in [-0.39, 0.29) is 17.5 Å². The van der Waals surface area contributed by atoms with E-state index in [2.05, 4.69) is 14.9 Å². The Bertz CT molecular complexity index is 701. The molecule has 0 spiro atoms. The lowest BCUT2D eigenvalue weighted by molar-refractivity contribution is -0.143. The van der Waals surface area contributed by atoms with Crippen LogP contribution in [-0.2, 0) is 17.1 Å². The van der Waals surface area contributed by atoms with E-state index in [1.165, 1.54) is 0 Å². The van der Waals surface area contributed by atoms with E-state index in [1.807, 2.05) is 0 Å². The van der Waals surface area contributed by atoms with Crippen LogP contribution in [0, 0.1) is 0 Å². The molecule has 0 aliphatic heterocycles. The van der Waals surface area contributed by atoms with Gasteiger partial charge in [0, 0.05) is 5.56 Å². The van der Waals surface area contributed by atoms with Crippen LogP contribution in [0.25, 0.3) is 11.3 Å². The van der Waals surface area contributed by atoms with Crippen molar-refractivity contribution in [1.29, 1.82) is 0 Å². The van der Waals surface area contributed by atoms with Gasteiger partial charge in [-0.3, -0.25) is 5.10 Å². The van der Waals surface area contributed by atoms with E-state index in [4.69, 9.17) is 0 Å². The molecule has 2 aromatic rings. The molecule has 0 unspecified atom stereocenters. The fourth-order valence-corrected chi connectivity index (χ4v) is 1.79. The van der Waals surface area contributed by atoms with Gasteiger partial charge in [-0.25, -0.2) is 4.79 Å². The molecule has 4 nitrogen and oxygen atoms in total. The molecule has 0 aliphatic carbocycles. The molecule has 0 amide bonds. The van der Waals surface area contributed by atoms with Crippen molar-refractivity contribution < 1.29 is 35.9 Å². The number of H-pyrrole nitrogens is 1. The van der Waals surface area contributed by atoms with E-state index in [0.717, 1.165) is 13.2 Å². The fourth-order valence-electron chi connectivity index (χ4n) is 1.79. The number of rotatable bonds is 2. The van der Waals surface area contributed by atoms with Crippen LogP contribution in [0.4, 0.5) is 26.3 Å². The third-order valence-electron chi connectivity index (χ3n) is 2.87. The number of esters is 1. The highest BCUT2D eigenvalue weighted by Crippen LogP contribution is 2.38. The highest BCUT2D eigenvalue weighted by molar-refractivity contribution is 5.88. The predicted octanol–water partition coefficient (Wildman–Crippen LogP) is 3.90. The van der Waals surface area contributed by atoms with Crippen LogP contribution >= 0.6 is 0 Å². The highest BCUT2D eigenvalue weighted by Gasteiger charge is 2.37. The largest absolute Gasteiger partial charge is 0.464 e. The molecule has 0 atom stereocenters.